The molecule has 6 nitrogen and oxygen atoms in total. The number of para-hydroxylation sites is 1. The molecule has 3 N–H and O–H groups in total. The molecule has 0 aliphatic carbocycles. The van der Waals surface area contributed by atoms with E-state index in [4.69, 9.17) is 0 Å². The zero-order valence-electron chi connectivity index (χ0n) is 14.0. The number of aromatic amines is 2. The van der Waals surface area contributed by atoms with Crippen molar-refractivity contribution in [3.63, 3.8) is 0 Å². The summed E-state index contributed by atoms with van der Waals surface area (Å²) in [6.07, 6.45) is 2.10. The summed E-state index contributed by atoms with van der Waals surface area (Å²) < 4.78 is 0. The molecular weight excluding hydrogens is 316 g/mol. The first-order valence-electron chi connectivity index (χ1n) is 8.49. The minimum Gasteiger partial charge on any atom is -0.360 e. The molecule has 0 spiro atoms. The fourth-order valence-corrected chi connectivity index (χ4v) is 3.46. The van der Waals surface area contributed by atoms with Gasteiger partial charge in [-0.3, -0.25) is 4.79 Å². The molecule has 2 aromatic carbocycles. The number of carbonyl (C=O) groups is 1. The quantitative estimate of drug-likeness (QED) is 0.688. The maximum Gasteiger partial charge on any atom is 0.323 e. The van der Waals surface area contributed by atoms with Crippen LogP contribution in [-0.4, -0.2) is 28.5 Å². The average Bonchev–Trinajstić information content (AvgIpc) is 3.00. The highest BCUT2D eigenvalue weighted by Crippen LogP contribution is 2.28. The van der Waals surface area contributed by atoms with Gasteiger partial charge in [-0.05, 0) is 49.6 Å². The van der Waals surface area contributed by atoms with E-state index in [9.17, 15) is 9.59 Å². The summed E-state index contributed by atoms with van der Waals surface area (Å²) in [4.78, 5) is 31.6. The Hall–Kier alpha value is -3.02. The smallest absolute Gasteiger partial charge is 0.323 e. The van der Waals surface area contributed by atoms with Crippen molar-refractivity contribution in [2.75, 3.05) is 16.8 Å². The van der Waals surface area contributed by atoms with Gasteiger partial charge in [-0.2, -0.15) is 0 Å². The standard InChI is InChI=1S/C19H20N4O2/c1-12(23-10-4-6-13-5-2-3-7-17(13)23)18(24)20-14-8-9-15-16(11-14)22-19(25)21-15/h2-3,5,7-9,11-12H,4,6,10H2,1H3,(H,20,24)(H2,21,22,25)/t12-/m0/s1. The molecular formula is C19H20N4O2. The highest BCUT2D eigenvalue weighted by Gasteiger charge is 2.25. The normalized spacial score (nSPS) is 15.0. The molecule has 0 radical (unpaired) electrons. The summed E-state index contributed by atoms with van der Waals surface area (Å²) in [7, 11) is 0. The molecule has 0 bridgehead atoms. The zero-order chi connectivity index (χ0) is 17.4. The summed E-state index contributed by atoms with van der Waals surface area (Å²) in [6, 6.07) is 13.3. The van der Waals surface area contributed by atoms with Gasteiger partial charge >= 0.3 is 5.69 Å². The second-order valence-corrected chi connectivity index (χ2v) is 6.43. The molecule has 0 saturated heterocycles. The Morgan fingerprint density at radius 1 is 1.16 bits per heavy atom. The van der Waals surface area contributed by atoms with Gasteiger partial charge in [-0.15, -0.1) is 0 Å². The highest BCUT2D eigenvalue weighted by atomic mass is 16.2. The van der Waals surface area contributed by atoms with Gasteiger partial charge in [0.2, 0.25) is 5.91 Å². The summed E-state index contributed by atoms with van der Waals surface area (Å²) in [5.74, 6) is -0.0612. The number of hydrogen-bond acceptors (Lipinski definition) is 3. The van der Waals surface area contributed by atoms with Crippen LogP contribution in [-0.2, 0) is 11.2 Å². The Bertz CT molecular complexity index is 988. The monoisotopic (exact) mass is 336 g/mol. The predicted octanol–water partition coefficient (Wildman–Crippen LogP) is 2.64. The fourth-order valence-electron chi connectivity index (χ4n) is 3.46. The number of hydrogen-bond donors (Lipinski definition) is 3. The molecule has 0 fully saturated rings. The van der Waals surface area contributed by atoms with Crippen LogP contribution in [0, 0.1) is 0 Å². The van der Waals surface area contributed by atoms with Crippen molar-refractivity contribution >= 4 is 28.3 Å². The largest absolute Gasteiger partial charge is 0.360 e. The van der Waals surface area contributed by atoms with E-state index in [1.165, 1.54) is 5.56 Å². The van der Waals surface area contributed by atoms with Crippen LogP contribution in [0.4, 0.5) is 11.4 Å². The number of fused-ring (bicyclic) bond motifs is 2. The number of nitrogens with one attached hydrogen (secondary N) is 3. The first-order chi connectivity index (χ1) is 12.1. The number of rotatable bonds is 3. The van der Waals surface area contributed by atoms with Crippen LogP contribution in [0.15, 0.2) is 47.3 Å². The van der Waals surface area contributed by atoms with Crippen LogP contribution in [0.5, 0.6) is 0 Å². The first-order valence-corrected chi connectivity index (χ1v) is 8.49. The number of H-pyrrole nitrogens is 2. The van der Waals surface area contributed by atoms with Crippen LogP contribution < -0.4 is 15.9 Å². The minimum atomic E-state index is -0.276. The van der Waals surface area contributed by atoms with E-state index in [2.05, 4.69) is 32.3 Å². The van der Waals surface area contributed by atoms with E-state index in [1.54, 1.807) is 18.2 Å². The van der Waals surface area contributed by atoms with Crippen molar-refractivity contribution in [3.05, 3.63) is 58.5 Å². The van der Waals surface area contributed by atoms with Crippen LogP contribution >= 0.6 is 0 Å². The van der Waals surface area contributed by atoms with Gasteiger partial charge in [-0.25, -0.2) is 4.79 Å². The molecule has 1 aromatic heterocycles. The number of anilines is 2. The topological polar surface area (TPSA) is 81.0 Å². The Morgan fingerprint density at radius 2 is 1.96 bits per heavy atom. The van der Waals surface area contributed by atoms with E-state index in [0.717, 1.165) is 30.6 Å². The number of amides is 1. The second-order valence-electron chi connectivity index (χ2n) is 6.43. The van der Waals surface area contributed by atoms with E-state index in [0.29, 0.717) is 11.2 Å². The summed E-state index contributed by atoms with van der Waals surface area (Å²) in [6.45, 7) is 2.80. The molecule has 0 unspecified atom stereocenters. The Morgan fingerprint density at radius 3 is 2.84 bits per heavy atom. The van der Waals surface area contributed by atoms with E-state index < -0.39 is 0 Å². The van der Waals surface area contributed by atoms with Crippen LogP contribution in [0.1, 0.15) is 18.9 Å². The molecule has 2 heterocycles. The molecule has 3 aromatic rings. The van der Waals surface area contributed by atoms with E-state index >= 15 is 0 Å². The lowest BCUT2D eigenvalue weighted by Crippen LogP contribution is -2.44. The summed E-state index contributed by atoms with van der Waals surface area (Å²) in [5.41, 5.74) is 4.25. The van der Waals surface area contributed by atoms with Crippen molar-refractivity contribution in [2.45, 2.75) is 25.8 Å². The third-order valence-electron chi connectivity index (χ3n) is 4.78. The predicted molar refractivity (Wildman–Crippen MR) is 99.1 cm³/mol. The zero-order valence-corrected chi connectivity index (χ0v) is 14.0. The maximum atomic E-state index is 12.7. The first kappa shape index (κ1) is 15.5. The molecule has 1 amide bonds. The number of nitrogens with zero attached hydrogens (tertiary/aromatic N) is 1. The summed E-state index contributed by atoms with van der Waals surface area (Å²) >= 11 is 0. The van der Waals surface area contributed by atoms with Crippen molar-refractivity contribution in [1.29, 1.82) is 0 Å². The second kappa shape index (κ2) is 6.12. The SMILES string of the molecule is C[C@@H](C(=O)Nc1ccc2[nH]c(=O)[nH]c2c1)N1CCCc2ccccc21. The number of imidazole rings is 1. The van der Waals surface area contributed by atoms with Crippen molar-refractivity contribution in [3.8, 4) is 0 Å². The Kier molecular flexibility index (Phi) is 3.80. The lowest BCUT2D eigenvalue weighted by atomic mass is 10.00. The van der Waals surface area contributed by atoms with Crippen molar-refractivity contribution in [1.82, 2.24) is 9.97 Å². The third kappa shape index (κ3) is 2.91. The van der Waals surface area contributed by atoms with Gasteiger partial charge in [0, 0.05) is 17.9 Å². The van der Waals surface area contributed by atoms with Gasteiger partial charge in [0.1, 0.15) is 6.04 Å². The Labute approximate surface area is 144 Å². The molecule has 4 rings (SSSR count). The minimum absolute atomic E-state index is 0.0612. The van der Waals surface area contributed by atoms with Crippen molar-refractivity contribution < 1.29 is 4.79 Å². The molecule has 25 heavy (non-hydrogen) atoms. The number of carbonyl (C=O) groups excluding carboxylic acids is 1. The van der Waals surface area contributed by atoms with Crippen LogP contribution in [0.25, 0.3) is 11.0 Å². The van der Waals surface area contributed by atoms with Crippen molar-refractivity contribution in [2.24, 2.45) is 0 Å². The van der Waals surface area contributed by atoms with Gasteiger partial charge in [-0.1, -0.05) is 18.2 Å². The van der Waals surface area contributed by atoms with Crippen LogP contribution in [0.3, 0.4) is 0 Å². The summed E-state index contributed by atoms with van der Waals surface area (Å²) in [5, 5.41) is 2.95. The van der Waals surface area contributed by atoms with Gasteiger partial charge in [0.15, 0.2) is 0 Å². The highest BCUT2D eigenvalue weighted by molar-refractivity contribution is 5.98. The van der Waals surface area contributed by atoms with Gasteiger partial charge < -0.3 is 20.2 Å². The lowest BCUT2D eigenvalue weighted by Gasteiger charge is -2.35. The Balaban J connectivity index is 1.55. The van der Waals surface area contributed by atoms with E-state index in [1.807, 2.05) is 19.1 Å². The van der Waals surface area contributed by atoms with Gasteiger partial charge in [0.25, 0.3) is 0 Å². The molecule has 1 aliphatic rings. The third-order valence-corrected chi connectivity index (χ3v) is 4.78. The molecule has 1 aliphatic heterocycles. The average molecular weight is 336 g/mol. The maximum absolute atomic E-state index is 12.7. The molecule has 1 atom stereocenters. The van der Waals surface area contributed by atoms with Crippen LogP contribution in [0.2, 0.25) is 0 Å². The number of aryl methyl sites for hydroxylation is 1. The molecule has 6 heteroatoms. The fraction of sp³-hybridized carbons (Fsp3) is 0.263. The molecule has 128 valence electrons. The number of benzene rings is 2. The van der Waals surface area contributed by atoms with E-state index in [-0.39, 0.29) is 17.6 Å². The number of aromatic nitrogens is 2. The molecule has 0 saturated carbocycles. The lowest BCUT2D eigenvalue weighted by molar-refractivity contribution is -0.117. The van der Waals surface area contributed by atoms with Gasteiger partial charge in [0.05, 0.1) is 11.0 Å².